The molecule has 0 spiro atoms. The van der Waals surface area contributed by atoms with E-state index in [2.05, 4.69) is 9.97 Å². The first kappa shape index (κ1) is 26.7. The third-order valence-corrected chi connectivity index (χ3v) is 5.97. The van der Waals surface area contributed by atoms with Crippen molar-refractivity contribution in [3.05, 3.63) is 89.9 Å². The van der Waals surface area contributed by atoms with Gasteiger partial charge in [0.15, 0.2) is 11.5 Å². The van der Waals surface area contributed by atoms with Crippen molar-refractivity contribution in [1.82, 2.24) is 9.97 Å². The van der Waals surface area contributed by atoms with Crippen molar-refractivity contribution in [1.29, 1.82) is 0 Å². The molecule has 0 bridgehead atoms. The number of nitrogens with two attached hydrogens (primary N) is 1. The van der Waals surface area contributed by atoms with Crippen LogP contribution in [0.2, 0.25) is 0 Å². The van der Waals surface area contributed by atoms with Crippen molar-refractivity contribution < 1.29 is 32.5 Å². The molecular weight excluding hydrogens is 499 g/mol. The van der Waals surface area contributed by atoms with Crippen molar-refractivity contribution in [3.8, 4) is 33.9 Å². The number of aliphatic carboxylic acids is 1. The number of imidazole rings is 1. The van der Waals surface area contributed by atoms with E-state index in [0.717, 1.165) is 17.2 Å². The lowest BCUT2D eigenvalue weighted by Crippen LogP contribution is -2.36. The van der Waals surface area contributed by atoms with Gasteiger partial charge in [-0.05, 0) is 35.7 Å². The average Bonchev–Trinajstić information content (AvgIpc) is 3.38. The van der Waals surface area contributed by atoms with E-state index >= 15 is 0 Å². The highest BCUT2D eigenvalue weighted by atomic mass is 19.4. The van der Waals surface area contributed by atoms with Crippen molar-refractivity contribution in [2.45, 2.75) is 31.7 Å². The molecule has 10 heteroatoms. The first-order valence-electron chi connectivity index (χ1n) is 11.6. The molecule has 0 amide bonds. The van der Waals surface area contributed by atoms with Gasteiger partial charge in [0.1, 0.15) is 18.0 Å². The minimum absolute atomic E-state index is 0.108. The summed E-state index contributed by atoms with van der Waals surface area (Å²) in [5.74, 6) is -1.56. The number of benzene rings is 3. The molecule has 1 atom stereocenters. The predicted octanol–water partition coefficient (Wildman–Crippen LogP) is 6.00. The van der Waals surface area contributed by atoms with Gasteiger partial charge in [-0.1, -0.05) is 54.6 Å². The zero-order valence-corrected chi connectivity index (χ0v) is 20.7. The van der Waals surface area contributed by atoms with E-state index in [1.807, 2.05) is 42.5 Å². The maximum atomic E-state index is 14.1. The maximum absolute atomic E-state index is 14.1. The molecule has 7 nitrogen and oxygen atoms in total. The van der Waals surface area contributed by atoms with E-state index in [0.29, 0.717) is 5.56 Å². The highest BCUT2D eigenvalue weighted by Gasteiger charge is 2.37. The molecule has 38 heavy (non-hydrogen) atoms. The molecule has 1 heterocycles. The number of carboxylic acid groups (broad SMARTS) is 1. The third kappa shape index (κ3) is 5.97. The molecule has 1 aromatic heterocycles. The summed E-state index contributed by atoms with van der Waals surface area (Å²) < 4.78 is 53.3. The van der Waals surface area contributed by atoms with Crippen LogP contribution >= 0.6 is 0 Å². The molecule has 0 saturated carbocycles. The number of nitrogens with one attached hydrogen (secondary N) is 1. The highest BCUT2D eigenvalue weighted by molar-refractivity contribution is 5.69. The van der Waals surface area contributed by atoms with E-state index < -0.39 is 35.4 Å². The minimum Gasteiger partial charge on any atom is -0.493 e. The van der Waals surface area contributed by atoms with Crippen LogP contribution in [0.3, 0.4) is 0 Å². The molecule has 0 aliphatic carbocycles. The number of aromatic amines is 1. The van der Waals surface area contributed by atoms with Crippen LogP contribution in [0.5, 0.6) is 11.5 Å². The Morgan fingerprint density at radius 2 is 1.68 bits per heavy atom. The van der Waals surface area contributed by atoms with Crippen molar-refractivity contribution in [2.24, 2.45) is 5.73 Å². The van der Waals surface area contributed by atoms with E-state index in [1.165, 1.54) is 26.3 Å². The van der Waals surface area contributed by atoms with E-state index in [-0.39, 0.29) is 29.4 Å². The molecule has 0 unspecified atom stereocenters. The van der Waals surface area contributed by atoms with Crippen molar-refractivity contribution >= 4 is 5.97 Å². The lowest BCUT2D eigenvalue weighted by Gasteiger charge is -2.20. The van der Waals surface area contributed by atoms with Crippen LogP contribution in [-0.4, -0.2) is 28.2 Å². The number of halogens is 3. The Kier molecular flexibility index (Phi) is 7.45. The number of hydrogen-bond donors (Lipinski definition) is 3. The molecule has 4 rings (SSSR count). The molecule has 3 aromatic carbocycles. The Morgan fingerprint density at radius 1 is 1.03 bits per heavy atom. The Bertz CT molecular complexity index is 1420. The van der Waals surface area contributed by atoms with Crippen molar-refractivity contribution in [3.63, 3.8) is 0 Å². The van der Waals surface area contributed by atoms with Crippen molar-refractivity contribution in [2.75, 3.05) is 7.11 Å². The number of ether oxygens (including phenoxy) is 2. The summed E-state index contributed by atoms with van der Waals surface area (Å²) in [6.07, 6.45) is -3.87. The van der Waals surface area contributed by atoms with E-state index in [1.54, 1.807) is 12.1 Å². The van der Waals surface area contributed by atoms with Crippen LogP contribution in [0.25, 0.3) is 22.4 Å². The first-order valence-corrected chi connectivity index (χ1v) is 11.6. The molecule has 198 valence electrons. The number of H-pyrrole nitrogens is 1. The quantitative estimate of drug-likeness (QED) is 0.247. The number of carboxylic acids is 1. The van der Waals surface area contributed by atoms with Gasteiger partial charge in [-0.2, -0.15) is 13.2 Å². The highest BCUT2D eigenvalue weighted by Crippen LogP contribution is 2.45. The second-order valence-corrected chi connectivity index (χ2v) is 9.04. The van der Waals surface area contributed by atoms with Gasteiger partial charge in [-0.25, -0.2) is 4.98 Å². The number of alkyl halides is 3. The van der Waals surface area contributed by atoms with Gasteiger partial charge < -0.3 is 25.3 Å². The van der Waals surface area contributed by atoms with Gasteiger partial charge in [-0.3, -0.25) is 4.79 Å². The van der Waals surface area contributed by atoms with Crippen LogP contribution in [0.4, 0.5) is 13.2 Å². The fourth-order valence-corrected chi connectivity index (χ4v) is 4.00. The summed E-state index contributed by atoms with van der Waals surface area (Å²) in [7, 11) is 1.25. The molecule has 0 saturated heterocycles. The topological polar surface area (TPSA) is 110 Å². The summed E-state index contributed by atoms with van der Waals surface area (Å²) in [6.45, 7) is 1.36. The van der Waals surface area contributed by atoms with Gasteiger partial charge in [0.05, 0.1) is 31.0 Å². The summed E-state index contributed by atoms with van der Waals surface area (Å²) in [4.78, 5) is 18.0. The van der Waals surface area contributed by atoms with Gasteiger partial charge >= 0.3 is 12.1 Å². The molecule has 0 radical (unpaired) electrons. The second-order valence-electron chi connectivity index (χ2n) is 9.04. The SMILES string of the molecule is COc1cc(-c2cnc([C@@](C)(N)CC(=O)O)[nH]2)cc(C(F)(F)F)c1OCc1ccc(-c2ccccc2)cc1. The van der Waals surface area contributed by atoms with Gasteiger partial charge in [0, 0.05) is 5.56 Å². The summed E-state index contributed by atoms with van der Waals surface area (Å²) in [5, 5.41) is 9.08. The number of aromatic nitrogens is 2. The molecule has 0 fully saturated rings. The fraction of sp³-hybridized carbons (Fsp3) is 0.214. The third-order valence-electron chi connectivity index (χ3n) is 5.97. The van der Waals surface area contributed by atoms with Gasteiger partial charge in [0.2, 0.25) is 0 Å². The lowest BCUT2D eigenvalue weighted by atomic mass is 9.99. The molecule has 0 aliphatic heterocycles. The molecule has 4 aromatic rings. The van der Waals surface area contributed by atoms with Crippen LogP contribution in [0, 0.1) is 0 Å². The minimum atomic E-state index is -4.75. The summed E-state index contributed by atoms with van der Waals surface area (Å²) >= 11 is 0. The Labute approximate surface area is 217 Å². The van der Waals surface area contributed by atoms with Crippen LogP contribution in [0.15, 0.2) is 72.9 Å². The van der Waals surface area contributed by atoms with Gasteiger partial charge in [-0.15, -0.1) is 0 Å². The smallest absolute Gasteiger partial charge is 0.420 e. The Balaban J connectivity index is 1.63. The number of methoxy groups -OCH3 is 1. The largest absolute Gasteiger partial charge is 0.493 e. The monoisotopic (exact) mass is 525 g/mol. The molecule has 4 N–H and O–H groups in total. The summed E-state index contributed by atoms with van der Waals surface area (Å²) in [5.41, 5.74) is 6.70. The molecule has 0 aliphatic rings. The Morgan fingerprint density at radius 3 is 2.29 bits per heavy atom. The zero-order valence-electron chi connectivity index (χ0n) is 20.7. The number of nitrogens with zero attached hydrogens (tertiary/aromatic N) is 1. The fourth-order valence-electron chi connectivity index (χ4n) is 4.00. The summed E-state index contributed by atoms with van der Waals surface area (Å²) in [6, 6.07) is 19.4. The Hall–Kier alpha value is -4.31. The van der Waals surface area contributed by atoms with E-state index in [9.17, 15) is 18.0 Å². The lowest BCUT2D eigenvalue weighted by molar-refractivity contribution is -0.139. The predicted molar refractivity (Wildman–Crippen MR) is 136 cm³/mol. The number of carbonyl (C=O) groups is 1. The standard InChI is InChI=1S/C28H26F3N3O4/c1-27(32,14-24(35)36)26-33-15-22(34-26)20-12-21(28(29,30)31)25(23(13-20)37-2)38-16-17-8-10-19(11-9-17)18-6-4-3-5-7-18/h3-13,15H,14,16,32H2,1-2H3,(H,33,34)(H,35,36)/t27-/m0/s1. The van der Waals surface area contributed by atoms with Crippen LogP contribution < -0.4 is 15.2 Å². The molecular formula is C28H26F3N3O4. The normalized spacial score (nSPS) is 13.1. The second kappa shape index (κ2) is 10.6. The zero-order chi connectivity index (χ0) is 27.5. The maximum Gasteiger partial charge on any atom is 0.420 e. The average molecular weight is 526 g/mol. The van der Waals surface area contributed by atoms with Crippen LogP contribution in [0.1, 0.15) is 30.3 Å². The first-order chi connectivity index (χ1) is 18.0. The van der Waals surface area contributed by atoms with E-state index in [4.69, 9.17) is 20.3 Å². The number of rotatable bonds is 9. The van der Waals surface area contributed by atoms with Gasteiger partial charge in [0.25, 0.3) is 0 Å². The van der Waals surface area contributed by atoms with Crippen LogP contribution in [-0.2, 0) is 23.1 Å². The number of hydrogen-bond acceptors (Lipinski definition) is 5.